The Labute approximate surface area is 111 Å². The molecule has 0 radical (unpaired) electrons. The van der Waals surface area contributed by atoms with E-state index in [1.165, 1.54) is 12.8 Å². The smallest absolute Gasteiger partial charge is 0.0589 e. The van der Waals surface area contributed by atoms with Gasteiger partial charge in [-0.25, -0.2) is 0 Å². The number of aliphatic hydroxyl groups is 2. The van der Waals surface area contributed by atoms with Crippen LogP contribution in [0.2, 0.25) is 0 Å². The van der Waals surface area contributed by atoms with Gasteiger partial charge in [-0.1, -0.05) is 19.8 Å². The Kier molecular flexibility index (Phi) is 7.15. The van der Waals surface area contributed by atoms with E-state index < -0.39 is 0 Å². The first kappa shape index (κ1) is 15.9. The summed E-state index contributed by atoms with van der Waals surface area (Å²) in [6, 6.07) is 0. The molecular weight excluding hydrogens is 230 g/mol. The van der Waals surface area contributed by atoms with Crippen LogP contribution in [0.1, 0.15) is 32.6 Å². The van der Waals surface area contributed by atoms with Gasteiger partial charge < -0.3 is 14.9 Å². The van der Waals surface area contributed by atoms with Crippen molar-refractivity contribution in [1.82, 2.24) is 4.90 Å². The average molecular weight is 259 g/mol. The second-order valence-corrected chi connectivity index (χ2v) is 5.85. The Balaban J connectivity index is 2.56. The molecule has 0 amide bonds. The highest BCUT2D eigenvalue weighted by atomic mass is 16.5. The van der Waals surface area contributed by atoms with Crippen molar-refractivity contribution in [2.45, 2.75) is 32.6 Å². The van der Waals surface area contributed by atoms with Gasteiger partial charge in [-0.05, 0) is 18.8 Å². The number of nitrogens with zero attached hydrogens (tertiary/aromatic N) is 1. The van der Waals surface area contributed by atoms with Gasteiger partial charge in [0.2, 0.25) is 0 Å². The van der Waals surface area contributed by atoms with Crippen LogP contribution in [0.5, 0.6) is 0 Å². The molecule has 2 unspecified atom stereocenters. The van der Waals surface area contributed by atoms with Crippen molar-refractivity contribution in [3.8, 4) is 0 Å². The van der Waals surface area contributed by atoms with E-state index in [2.05, 4.69) is 11.8 Å². The van der Waals surface area contributed by atoms with Crippen LogP contribution in [0.25, 0.3) is 0 Å². The van der Waals surface area contributed by atoms with Gasteiger partial charge in [0.05, 0.1) is 13.2 Å². The molecule has 0 aromatic carbocycles. The summed E-state index contributed by atoms with van der Waals surface area (Å²) in [7, 11) is 1.70. The number of ether oxygens (including phenoxy) is 1. The van der Waals surface area contributed by atoms with Crippen LogP contribution in [0.3, 0.4) is 0 Å². The van der Waals surface area contributed by atoms with Gasteiger partial charge in [0.15, 0.2) is 0 Å². The molecule has 2 N–H and O–H groups in total. The van der Waals surface area contributed by atoms with E-state index in [4.69, 9.17) is 9.84 Å². The van der Waals surface area contributed by atoms with Gasteiger partial charge in [-0.2, -0.15) is 0 Å². The monoisotopic (exact) mass is 259 g/mol. The lowest BCUT2D eigenvalue weighted by atomic mass is 9.70. The van der Waals surface area contributed by atoms with E-state index in [1.807, 2.05) is 0 Å². The Morgan fingerprint density at radius 3 is 2.67 bits per heavy atom. The SMILES string of the molecule is COCCN(CCO)CC1(CO)CCCC(C)C1. The molecule has 0 aromatic heterocycles. The first-order chi connectivity index (χ1) is 8.65. The number of methoxy groups -OCH3 is 1. The summed E-state index contributed by atoms with van der Waals surface area (Å²) in [6.07, 6.45) is 4.68. The topological polar surface area (TPSA) is 52.9 Å². The molecular formula is C14H29NO3. The molecule has 1 aliphatic rings. The molecule has 0 heterocycles. The lowest BCUT2D eigenvalue weighted by Crippen LogP contribution is -2.45. The molecule has 1 saturated carbocycles. The summed E-state index contributed by atoms with van der Waals surface area (Å²) < 4.78 is 5.11. The van der Waals surface area contributed by atoms with Crippen molar-refractivity contribution in [2.75, 3.05) is 46.6 Å². The summed E-state index contributed by atoms with van der Waals surface area (Å²) in [4.78, 5) is 2.22. The quantitative estimate of drug-likeness (QED) is 0.686. The molecule has 0 aliphatic heterocycles. The molecule has 0 spiro atoms. The first-order valence-corrected chi connectivity index (χ1v) is 7.09. The maximum Gasteiger partial charge on any atom is 0.0589 e. The highest BCUT2D eigenvalue weighted by molar-refractivity contribution is 4.87. The van der Waals surface area contributed by atoms with Crippen LogP contribution < -0.4 is 0 Å². The number of rotatable bonds is 8. The van der Waals surface area contributed by atoms with Gasteiger partial charge in [0.25, 0.3) is 0 Å². The standard InChI is InChI=1S/C14H29NO3/c1-13-4-3-5-14(10-13,12-17)11-15(6-8-16)7-9-18-2/h13,16-17H,3-12H2,1-2H3. The predicted molar refractivity (Wildman–Crippen MR) is 72.6 cm³/mol. The average Bonchev–Trinajstić information content (AvgIpc) is 2.36. The van der Waals surface area contributed by atoms with E-state index in [0.717, 1.165) is 25.9 Å². The van der Waals surface area contributed by atoms with E-state index in [-0.39, 0.29) is 18.6 Å². The molecule has 4 nitrogen and oxygen atoms in total. The fourth-order valence-corrected chi connectivity index (χ4v) is 3.21. The van der Waals surface area contributed by atoms with Crippen LogP contribution in [-0.2, 0) is 4.74 Å². The lowest BCUT2D eigenvalue weighted by Gasteiger charge is -2.42. The summed E-state index contributed by atoms with van der Waals surface area (Å²) in [6.45, 7) is 5.74. The summed E-state index contributed by atoms with van der Waals surface area (Å²) in [5.41, 5.74) is 0.0284. The maximum atomic E-state index is 9.78. The highest BCUT2D eigenvalue weighted by Gasteiger charge is 2.35. The maximum absolute atomic E-state index is 9.78. The molecule has 108 valence electrons. The van der Waals surface area contributed by atoms with Crippen molar-refractivity contribution in [3.63, 3.8) is 0 Å². The third kappa shape index (κ3) is 4.84. The fourth-order valence-electron chi connectivity index (χ4n) is 3.21. The zero-order chi connectivity index (χ0) is 13.4. The second-order valence-electron chi connectivity index (χ2n) is 5.85. The third-order valence-corrected chi connectivity index (χ3v) is 4.11. The second kappa shape index (κ2) is 8.10. The molecule has 0 bridgehead atoms. The van der Waals surface area contributed by atoms with Crippen LogP contribution in [0.15, 0.2) is 0 Å². The van der Waals surface area contributed by atoms with E-state index >= 15 is 0 Å². The minimum absolute atomic E-state index is 0.0284. The zero-order valence-electron chi connectivity index (χ0n) is 11.9. The fraction of sp³-hybridized carbons (Fsp3) is 1.00. The van der Waals surface area contributed by atoms with Crippen LogP contribution in [-0.4, -0.2) is 61.7 Å². The summed E-state index contributed by atoms with van der Waals surface area (Å²) in [5.74, 6) is 0.698. The van der Waals surface area contributed by atoms with E-state index in [0.29, 0.717) is 19.1 Å². The van der Waals surface area contributed by atoms with Crippen LogP contribution in [0.4, 0.5) is 0 Å². The molecule has 0 saturated heterocycles. The predicted octanol–water partition coefficient (Wildman–Crippen LogP) is 1.12. The van der Waals surface area contributed by atoms with Gasteiger partial charge in [-0.15, -0.1) is 0 Å². The van der Waals surface area contributed by atoms with Gasteiger partial charge >= 0.3 is 0 Å². The molecule has 1 fully saturated rings. The van der Waals surface area contributed by atoms with Crippen LogP contribution in [0, 0.1) is 11.3 Å². The van der Waals surface area contributed by atoms with Crippen molar-refractivity contribution in [2.24, 2.45) is 11.3 Å². The normalized spacial score (nSPS) is 28.8. The minimum Gasteiger partial charge on any atom is -0.396 e. The van der Waals surface area contributed by atoms with Crippen molar-refractivity contribution in [1.29, 1.82) is 0 Å². The number of hydrogen-bond donors (Lipinski definition) is 2. The lowest BCUT2D eigenvalue weighted by molar-refractivity contribution is 0.0125. The van der Waals surface area contributed by atoms with Gasteiger partial charge in [-0.3, -0.25) is 4.90 Å². The Morgan fingerprint density at radius 2 is 2.11 bits per heavy atom. The molecule has 1 rings (SSSR count). The third-order valence-electron chi connectivity index (χ3n) is 4.11. The largest absolute Gasteiger partial charge is 0.396 e. The van der Waals surface area contributed by atoms with Crippen molar-refractivity contribution in [3.05, 3.63) is 0 Å². The molecule has 0 aromatic rings. The summed E-state index contributed by atoms with van der Waals surface area (Å²) >= 11 is 0. The van der Waals surface area contributed by atoms with Gasteiger partial charge in [0.1, 0.15) is 0 Å². The summed E-state index contributed by atoms with van der Waals surface area (Å²) in [5, 5.41) is 18.9. The van der Waals surface area contributed by atoms with Crippen molar-refractivity contribution < 1.29 is 14.9 Å². The Bertz CT molecular complexity index is 225. The minimum atomic E-state index is 0.0284. The highest BCUT2D eigenvalue weighted by Crippen LogP contribution is 2.39. The number of hydrogen-bond acceptors (Lipinski definition) is 4. The molecule has 18 heavy (non-hydrogen) atoms. The molecule has 4 heteroatoms. The molecule has 1 aliphatic carbocycles. The Morgan fingerprint density at radius 1 is 1.33 bits per heavy atom. The number of aliphatic hydroxyl groups excluding tert-OH is 2. The zero-order valence-corrected chi connectivity index (χ0v) is 11.9. The van der Waals surface area contributed by atoms with Crippen LogP contribution >= 0.6 is 0 Å². The van der Waals surface area contributed by atoms with Gasteiger partial charge in [0, 0.05) is 38.8 Å². The Hall–Kier alpha value is -0.160. The molecule has 2 atom stereocenters. The van der Waals surface area contributed by atoms with E-state index in [1.54, 1.807) is 7.11 Å². The van der Waals surface area contributed by atoms with Crippen molar-refractivity contribution >= 4 is 0 Å². The first-order valence-electron chi connectivity index (χ1n) is 7.09. The van der Waals surface area contributed by atoms with E-state index in [9.17, 15) is 5.11 Å².